The molecule has 7 rings (SSSR count). The quantitative estimate of drug-likeness (QED) is 0.142. The Balaban J connectivity index is 1.35. The molecule has 4 N–H and O–H groups in total. The molecule has 3 aromatic heterocycles. The van der Waals surface area contributed by atoms with Crippen molar-refractivity contribution in [2.45, 2.75) is 63.9 Å². The largest absolute Gasteiger partial charge is 0.461 e. The Morgan fingerprint density at radius 1 is 1.27 bits per heavy atom. The number of aromatic nitrogens is 3. The summed E-state index contributed by atoms with van der Waals surface area (Å²) in [7, 11) is 0. The number of nitrogen functional groups attached to an aromatic ring is 1. The summed E-state index contributed by atoms with van der Waals surface area (Å²) in [5, 5.41) is 16.2. The van der Waals surface area contributed by atoms with E-state index in [-0.39, 0.29) is 72.7 Å². The summed E-state index contributed by atoms with van der Waals surface area (Å²) in [4.78, 5) is 27.9. The molecule has 0 radical (unpaired) electrons. The zero-order valence-electron chi connectivity index (χ0n) is 28.4. The molecular formula is C36H34ClF3N8O3S. The number of rotatable bonds is 8. The third-order valence-electron chi connectivity index (χ3n) is 9.25. The summed E-state index contributed by atoms with van der Waals surface area (Å²) in [6.45, 7) is 6.38. The fourth-order valence-corrected chi connectivity index (χ4v) is 8.38. The van der Waals surface area contributed by atoms with Crippen molar-refractivity contribution in [3.8, 4) is 23.2 Å². The smallest absolute Gasteiger partial charge is 0.412 e. The minimum atomic E-state index is -0.978. The molecule has 2 aromatic carbocycles. The molecule has 0 spiro atoms. The van der Waals surface area contributed by atoms with E-state index in [0.29, 0.717) is 24.3 Å². The first-order valence-corrected chi connectivity index (χ1v) is 17.8. The second-order valence-corrected chi connectivity index (χ2v) is 15.3. The molecule has 5 aromatic rings. The van der Waals surface area contributed by atoms with E-state index in [9.17, 15) is 14.4 Å². The van der Waals surface area contributed by atoms with E-state index in [4.69, 9.17) is 26.8 Å². The highest BCUT2D eigenvalue weighted by molar-refractivity contribution is 7.23. The van der Waals surface area contributed by atoms with Crippen LogP contribution in [-0.2, 0) is 11.3 Å². The Morgan fingerprint density at radius 3 is 2.83 bits per heavy atom. The summed E-state index contributed by atoms with van der Waals surface area (Å²) in [5.41, 5.74) is 5.06. The molecule has 5 heterocycles. The molecule has 270 valence electrons. The lowest BCUT2D eigenvalue weighted by Crippen LogP contribution is -2.43. The van der Waals surface area contributed by atoms with Gasteiger partial charge >= 0.3 is 12.1 Å². The van der Waals surface area contributed by atoms with Crippen molar-refractivity contribution in [1.29, 1.82) is 5.26 Å². The summed E-state index contributed by atoms with van der Waals surface area (Å²) >= 11 is 7.64. The fraction of sp³-hybridized carbons (Fsp3) is 0.361. The van der Waals surface area contributed by atoms with Crippen molar-refractivity contribution in [2.24, 2.45) is 0 Å². The minimum absolute atomic E-state index is 0.00176. The van der Waals surface area contributed by atoms with Gasteiger partial charge in [-0.05, 0) is 63.9 Å². The zero-order chi connectivity index (χ0) is 36.9. The molecule has 16 heteroatoms. The van der Waals surface area contributed by atoms with Crippen LogP contribution in [0.2, 0.25) is 5.02 Å². The van der Waals surface area contributed by atoms with E-state index in [1.807, 2.05) is 6.07 Å². The lowest BCUT2D eigenvalue weighted by atomic mass is 9.95. The van der Waals surface area contributed by atoms with Crippen LogP contribution in [0.25, 0.3) is 32.1 Å². The topological polar surface area (TPSA) is 151 Å². The van der Waals surface area contributed by atoms with Crippen LogP contribution < -0.4 is 21.1 Å². The van der Waals surface area contributed by atoms with Gasteiger partial charge in [0, 0.05) is 47.6 Å². The van der Waals surface area contributed by atoms with Crippen molar-refractivity contribution in [3.05, 3.63) is 64.3 Å². The second-order valence-electron chi connectivity index (χ2n) is 13.9. The van der Waals surface area contributed by atoms with Gasteiger partial charge < -0.3 is 20.5 Å². The normalized spacial score (nSPS) is 18.8. The monoisotopic (exact) mass is 750 g/mol. The number of nitriles is 1. The van der Waals surface area contributed by atoms with Crippen LogP contribution in [0.15, 0.2) is 36.5 Å². The third kappa shape index (κ3) is 6.62. The third-order valence-corrected chi connectivity index (χ3v) is 10.7. The summed E-state index contributed by atoms with van der Waals surface area (Å²) < 4.78 is 58.4. The van der Waals surface area contributed by atoms with Crippen LogP contribution in [0.4, 0.5) is 34.6 Å². The molecular weight excluding hydrogens is 717 g/mol. The van der Waals surface area contributed by atoms with E-state index in [2.05, 4.69) is 30.5 Å². The highest BCUT2D eigenvalue weighted by atomic mass is 35.5. The molecule has 0 unspecified atom stereocenters. The number of nitrogens with one attached hydrogen (secondary N) is 2. The van der Waals surface area contributed by atoms with Crippen LogP contribution in [0.5, 0.6) is 6.01 Å². The van der Waals surface area contributed by atoms with Gasteiger partial charge in [-0.1, -0.05) is 23.7 Å². The second kappa shape index (κ2) is 13.6. The van der Waals surface area contributed by atoms with Gasteiger partial charge in [0.25, 0.3) is 0 Å². The molecule has 2 aliphatic rings. The Labute approximate surface area is 305 Å². The van der Waals surface area contributed by atoms with E-state index in [1.165, 1.54) is 12.1 Å². The van der Waals surface area contributed by atoms with Crippen LogP contribution in [0.1, 0.15) is 51.2 Å². The van der Waals surface area contributed by atoms with Crippen molar-refractivity contribution < 1.29 is 27.4 Å². The number of carbonyl (C=O) groups is 1. The van der Waals surface area contributed by atoms with Gasteiger partial charge in [-0.2, -0.15) is 15.2 Å². The molecule has 2 atom stereocenters. The van der Waals surface area contributed by atoms with E-state index < -0.39 is 35.0 Å². The highest BCUT2D eigenvalue weighted by Crippen LogP contribution is 2.47. The first kappa shape index (κ1) is 35.5. The van der Waals surface area contributed by atoms with Gasteiger partial charge in [-0.15, -0.1) is 11.3 Å². The number of anilines is 3. The number of fused-ring (bicyclic) bond motifs is 3. The predicted octanol–water partition coefficient (Wildman–Crippen LogP) is 8.21. The van der Waals surface area contributed by atoms with Crippen LogP contribution >= 0.6 is 22.9 Å². The molecule has 0 bridgehead atoms. The number of carbonyl (C=O) groups excluding carboxylic acids is 1. The molecule has 2 fully saturated rings. The van der Waals surface area contributed by atoms with E-state index in [0.717, 1.165) is 36.8 Å². The van der Waals surface area contributed by atoms with Crippen molar-refractivity contribution in [1.82, 2.24) is 19.9 Å². The Hall–Kier alpha value is -4.91. The van der Waals surface area contributed by atoms with Crippen molar-refractivity contribution >= 4 is 66.7 Å². The summed E-state index contributed by atoms with van der Waals surface area (Å²) in [6, 6.07) is 9.32. The van der Waals surface area contributed by atoms with Crippen LogP contribution in [0, 0.1) is 23.0 Å². The molecule has 2 saturated heterocycles. The van der Waals surface area contributed by atoms with Crippen LogP contribution in [0.3, 0.4) is 0 Å². The molecule has 52 heavy (non-hydrogen) atoms. The molecule has 0 aliphatic carbocycles. The Kier molecular flexibility index (Phi) is 9.26. The van der Waals surface area contributed by atoms with Gasteiger partial charge in [-0.3, -0.25) is 10.2 Å². The molecule has 0 saturated carbocycles. The van der Waals surface area contributed by atoms with Crippen molar-refractivity contribution in [3.63, 3.8) is 0 Å². The van der Waals surface area contributed by atoms with Gasteiger partial charge in [0.15, 0.2) is 5.82 Å². The summed E-state index contributed by atoms with van der Waals surface area (Å²) in [6.07, 6.45) is 1.70. The number of alkyl halides is 1. The molecule has 11 nitrogen and oxygen atoms in total. The maximum absolute atomic E-state index is 17.1. The van der Waals surface area contributed by atoms with E-state index in [1.54, 1.807) is 39.1 Å². The first-order valence-electron chi connectivity index (χ1n) is 16.6. The molecule has 2 aliphatic heterocycles. The van der Waals surface area contributed by atoms with Crippen LogP contribution in [-0.4, -0.2) is 63.0 Å². The summed E-state index contributed by atoms with van der Waals surface area (Å²) in [5.74, 6) is -1.08. The number of halogens is 4. The molecule has 1 amide bonds. The van der Waals surface area contributed by atoms with Gasteiger partial charge in [0.05, 0.1) is 20.8 Å². The lowest BCUT2D eigenvalue weighted by Gasteiger charge is -2.30. The van der Waals surface area contributed by atoms with Gasteiger partial charge in [0.1, 0.15) is 52.4 Å². The fourth-order valence-electron chi connectivity index (χ4n) is 7.02. The number of benzene rings is 2. The van der Waals surface area contributed by atoms with Gasteiger partial charge in [-0.25, -0.2) is 22.9 Å². The minimum Gasteiger partial charge on any atom is -0.461 e. The maximum Gasteiger partial charge on any atom is 0.412 e. The Morgan fingerprint density at radius 2 is 2.08 bits per heavy atom. The number of ether oxygens (including phenoxy) is 2. The van der Waals surface area contributed by atoms with Gasteiger partial charge in [0.2, 0.25) is 0 Å². The van der Waals surface area contributed by atoms with E-state index >= 15 is 8.78 Å². The highest BCUT2D eigenvalue weighted by Gasteiger charge is 2.49. The maximum atomic E-state index is 17.1. The number of pyridine rings is 1. The first-order chi connectivity index (χ1) is 24.8. The number of nitrogens with zero attached hydrogens (tertiary/aromatic N) is 5. The number of amides is 1. The Bertz CT molecular complexity index is 2280. The number of hydrogen-bond acceptors (Lipinski definition) is 11. The number of nitrogens with two attached hydrogens (primary N) is 1. The average molecular weight is 751 g/mol. The average Bonchev–Trinajstić information content (AvgIpc) is 3.73. The number of thiophene rings is 1. The SMILES string of the molecule is CC(C)(C)OC(=O)Nc1sc2c(F)ccc(-c3c(Cl)cc4c(NCc5cccnc5N)nc(OC[C@@]56CCCN5C[C@H](F)C6)nc4c3F)c2c1C#N. The standard InChI is InChI=1S/C36H34ClF3N8O3S/c1-35(2,3)51-34(49)47-32-22(14-41)25-20(7-8-24(39)29(25)52-32)26-23(37)12-21-28(27(26)40)45-33(46-31(21)44-15-18-6-4-10-43-30(18)42)50-17-36-9-5-11-48(36)16-19(38)13-36/h4,6-8,10,12,19H,5,9,11,13,15-17H2,1-3H3,(H2,42,43)(H,47,49)(H,44,45,46)/t19-,36+/m1/s1. The zero-order valence-corrected chi connectivity index (χ0v) is 30.0. The predicted molar refractivity (Wildman–Crippen MR) is 194 cm³/mol. The number of hydrogen-bond donors (Lipinski definition) is 3. The lowest BCUT2D eigenvalue weighted by molar-refractivity contribution is 0.0636. The van der Waals surface area contributed by atoms with Crippen molar-refractivity contribution in [2.75, 3.05) is 36.1 Å².